The van der Waals surface area contributed by atoms with E-state index in [1.807, 2.05) is 6.92 Å². The van der Waals surface area contributed by atoms with Crippen molar-refractivity contribution in [2.75, 3.05) is 0 Å². The molecular weight excluding hydrogens is 274 g/mol. The summed E-state index contributed by atoms with van der Waals surface area (Å²) in [7, 11) is 0. The van der Waals surface area contributed by atoms with Gasteiger partial charge in [0.1, 0.15) is 0 Å². The molecule has 1 N–H and O–H groups in total. The van der Waals surface area contributed by atoms with Gasteiger partial charge in [-0.1, -0.05) is 28.9 Å². The van der Waals surface area contributed by atoms with E-state index in [2.05, 4.69) is 15.9 Å². The van der Waals surface area contributed by atoms with Crippen molar-refractivity contribution in [1.29, 1.82) is 0 Å². The lowest BCUT2D eigenvalue weighted by Gasteiger charge is -2.14. The van der Waals surface area contributed by atoms with Gasteiger partial charge in [0, 0.05) is 16.1 Å². The van der Waals surface area contributed by atoms with Gasteiger partial charge in [-0.15, -0.1) is 0 Å². The van der Waals surface area contributed by atoms with E-state index >= 15 is 0 Å². The van der Waals surface area contributed by atoms with Crippen molar-refractivity contribution < 1.29 is 10.0 Å². The summed E-state index contributed by atoms with van der Waals surface area (Å²) in [6, 6.07) is 4.99. The highest BCUT2D eigenvalue weighted by Gasteiger charge is 2.18. The Morgan fingerprint density at radius 1 is 1.50 bits per heavy atom. The first-order valence-electron chi connectivity index (χ1n) is 5.02. The third kappa shape index (κ3) is 3.28. The van der Waals surface area contributed by atoms with E-state index in [9.17, 15) is 15.2 Å². The fourth-order valence-corrected chi connectivity index (χ4v) is 1.75. The van der Waals surface area contributed by atoms with Gasteiger partial charge in [0.2, 0.25) is 0 Å². The summed E-state index contributed by atoms with van der Waals surface area (Å²) in [5.74, 6) is -0.000115. The van der Waals surface area contributed by atoms with Gasteiger partial charge in [-0.3, -0.25) is 10.1 Å². The zero-order valence-electron chi connectivity index (χ0n) is 9.18. The lowest BCUT2D eigenvalue weighted by Crippen LogP contribution is -2.16. The molecule has 0 fully saturated rings. The Morgan fingerprint density at radius 2 is 2.12 bits per heavy atom. The third-order valence-corrected chi connectivity index (χ3v) is 3.10. The van der Waals surface area contributed by atoms with E-state index in [0.717, 1.165) is 0 Å². The average molecular weight is 288 g/mol. The second-order valence-corrected chi connectivity index (χ2v) is 4.87. The molecule has 5 heteroatoms. The molecule has 0 amide bonds. The quantitative estimate of drug-likeness (QED) is 0.684. The SMILES string of the molecule is CC(O)C(C)Cc1ccc(Br)cc1[N+](=O)[O-]. The van der Waals surface area contributed by atoms with Gasteiger partial charge in [0.15, 0.2) is 0 Å². The largest absolute Gasteiger partial charge is 0.393 e. The highest BCUT2D eigenvalue weighted by molar-refractivity contribution is 9.10. The van der Waals surface area contributed by atoms with Crippen molar-refractivity contribution in [3.8, 4) is 0 Å². The summed E-state index contributed by atoms with van der Waals surface area (Å²) >= 11 is 3.21. The van der Waals surface area contributed by atoms with Gasteiger partial charge in [-0.05, 0) is 25.3 Å². The molecule has 1 rings (SSSR count). The van der Waals surface area contributed by atoms with Crippen LogP contribution in [0.15, 0.2) is 22.7 Å². The van der Waals surface area contributed by atoms with Crippen LogP contribution in [-0.2, 0) is 6.42 Å². The lowest BCUT2D eigenvalue weighted by atomic mass is 9.96. The van der Waals surface area contributed by atoms with E-state index in [-0.39, 0.29) is 11.6 Å². The molecule has 0 aliphatic heterocycles. The standard InChI is InChI=1S/C11H14BrNO3/c1-7(8(2)14)5-9-3-4-10(12)6-11(9)13(15)16/h3-4,6-8,14H,5H2,1-2H3. The molecule has 0 aromatic heterocycles. The van der Waals surface area contributed by atoms with Crippen LogP contribution in [0.1, 0.15) is 19.4 Å². The third-order valence-electron chi connectivity index (χ3n) is 2.61. The zero-order chi connectivity index (χ0) is 12.3. The smallest absolute Gasteiger partial charge is 0.273 e. The number of halogens is 1. The van der Waals surface area contributed by atoms with E-state index in [0.29, 0.717) is 16.5 Å². The summed E-state index contributed by atoms with van der Waals surface area (Å²) in [6.07, 6.45) is 0.0320. The van der Waals surface area contributed by atoms with Crippen LogP contribution in [0.5, 0.6) is 0 Å². The van der Waals surface area contributed by atoms with Gasteiger partial charge in [0.05, 0.1) is 11.0 Å². The van der Waals surface area contributed by atoms with Crippen LogP contribution < -0.4 is 0 Å². The first-order chi connectivity index (χ1) is 7.41. The van der Waals surface area contributed by atoms with Crippen molar-refractivity contribution in [3.63, 3.8) is 0 Å². The Bertz CT molecular complexity index is 393. The second kappa shape index (κ2) is 5.41. The molecule has 88 valence electrons. The fourth-order valence-electron chi connectivity index (χ4n) is 1.40. The lowest BCUT2D eigenvalue weighted by molar-refractivity contribution is -0.385. The molecule has 0 aliphatic rings. The molecule has 1 aromatic carbocycles. The summed E-state index contributed by atoms with van der Waals surface area (Å²) < 4.78 is 0.688. The molecule has 0 aliphatic carbocycles. The molecule has 0 saturated carbocycles. The number of nitrogens with zero attached hydrogens (tertiary/aromatic N) is 1. The summed E-state index contributed by atoms with van der Waals surface area (Å²) in [6.45, 7) is 3.56. The van der Waals surface area contributed by atoms with Crippen LogP contribution >= 0.6 is 15.9 Å². The van der Waals surface area contributed by atoms with E-state index in [1.54, 1.807) is 19.1 Å². The summed E-state index contributed by atoms with van der Waals surface area (Å²) in [4.78, 5) is 10.5. The Hall–Kier alpha value is -0.940. The van der Waals surface area contributed by atoms with Crippen molar-refractivity contribution >= 4 is 21.6 Å². The van der Waals surface area contributed by atoms with E-state index < -0.39 is 11.0 Å². The van der Waals surface area contributed by atoms with Crippen LogP contribution in [-0.4, -0.2) is 16.1 Å². The predicted molar refractivity (Wildman–Crippen MR) is 65.3 cm³/mol. The van der Waals surface area contributed by atoms with Gasteiger partial charge >= 0.3 is 0 Å². The van der Waals surface area contributed by atoms with Crippen molar-refractivity contribution in [2.24, 2.45) is 5.92 Å². The van der Waals surface area contributed by atoms with Crippen LogP contribution in [0.4, 0.5) is 5.69 Å². The first kappa shape index (κ1) is 13.1. The van der Waals surface area contributed by atoms with Crippen molar-refractivity contribution in [3.05, 3.63) is 38.3 Å². The highest BCUT2D eigenvalue weighted by Crippen LogP contribution is 2.26. The molecule has 0 bridgehead atoms. The fraction of sp³-hybridized carbons (Fsp3) is 0.455. The molecule has 0 spiro atoms. The van der Waals surface area contributed by atoms with Crippen LogP contribution in [0, 0.1) is 16.0 Å². The summed E-state index contributed by atoms with van der Waals surface area (Å²) in [5.41, 5.74) is 0.753. The Kier molecular flexibility index (Phi) is 4.44. The number of nitro benzene ring substituents is 1. The Labute approximate surface area is 103 Å². The molecule has 16 heavy (non-hydrogen) atoms. The first-order valence-corrected chi connectivity index (χ1v) is 5.82. The Balaban J connectivity index is 2.99. The minimum Gasteiger partial charge on any atom is -0.393 e. The molecule has 0 heterocycles. The van der Waals surface area contributed by atoms with Gasteiger partial charge in [0.25, 0.3) is 5.69 Å². The molecule has 2 unspecified atom stereocenters. The topological polar surface area (TPSA) is 63.4 Å². The van der Waals surface area contributed by atoms with E-state index in [4.69, 9.17) is 0 Å². The number of aliphatic hydroxyl groups excluding tert-OH is 1. The summed E-state index contributed by atoms with van der Waals surface area (Å²) in [5, 5.41) is 20.2. The number of nitro groups is 1. The molecule has 0 saturated heterocycles. The zero-order valence-corrected chi connectivity index (χ0v) is 10.8. The van der Waals surface area contributed by atoms with Gasteiger partial charge in [-0.2, -0.15) is 0 Å². The van der Waals surface area contributed by atoms with Crippen LogP contribution in [0.2, 0.25) is 0 Å². The number of aliphatic hydroxyl groups is 1. The van der Waals surface area contributed by atoms with Crippen LogP contribution in [0.25, 0.3) is 0 Å². The van der Waals surface area contributed by atoms with Gasteiger partial charge < -0.3 is 5.11 Å². The molecule has 0 radical (unpaired) electrons. The average Bonchev–Trinajstić information content (AvgIpc) is 2.20. The van der Waals surface area contributed by atoms with E-state index in [1.165, 1.54) is 6.07 Å². The second-order valence-electron chi connectivity index (χ2n) is 3.95. The molecular formula is C11H14BrNO3. The maximum atomic E-state index is 10.8. The minimum atomic E-state index is -0.469. The maximum Gasteiger partial charge on any atom is 0.273 e. The number of benzene rings is 1. The Morgan fingerprint density at radius 3 is 2.62 bits per heavy atom. The normalized spacial score (nSPS) is 14.5. The molecule has 2 atom stereocenters. The molecule has 1 aromatic rings. The van der Waals surface area contributed by atoms with Crippen molar-refractivity contribution in [1.82, 2.24) is 0 Å². The minimum absolute atomic E-state index is 0.000115. The van der Waals surface area contributed by atoms with Crippen molar-refractivity contribution in [2.45, 2.75) is 26.4 Å². The molecule has 4 nitrogen and oxygen atoms in total. The monoisotopic (exact) mass is 287 g/mol. The van der Waals surface area contributed by atoms with Crippen LogP contribution in [0.3, 0.4) is 0 Å². The number of hydrogen-bond acceptors (Lipinski definition) is 3. The predicted octanol–water partition coefficient (Wildman–Crippen LogP) is 2.92. The highest BCUT2D eigenvalue weighted by atomic mass is 79.9. The number of rotatable bonds is 4. The maximum absolute atomic E-state index is 10.8. The van der Waals surface area contributed by atoms with Gasteiger partial charge in [-0.25, -0.2) is 0 Å². The number of hydrogen-bond donors (Lipinski definition) is 1.